The number of carbonyl (C=O) groups excluding carboxylic acids is 1. The maximum absolute atomic E-state index is 12.9. The monoisotopic (exact) mass is 394 g/mol. The molecule has 0 atom stereocenters. The van der Waals surface area contributed by atoms with E-state index in [9.17, 15) is 9.18 Å². The van der Waals surface area contributed by atoms with Crippen molar-refractivity contribution in [3.63, 3.8) is 0 Å². The second-order valence-electron chi connectivity index (χ2n) is 7.22. The first kappa shape index (κ1) is 19.1. The number of amides is 1. The highest BCUT2D eigenvalue weighted by molar-refractivity contribution is 5.77. The van der Waals surface area contributed by atoms with E-state index in [0.29, 0.717) is 31.0 Å². The number of halogens is 1. The fourth-order valence-corrected chi connectivity index (χ4v) is 3.32. The summed E-state index contributed by atoms with van der Waals surface area (Å²) < 4.78 is 20.3. The molecule has 3 aromatic rings. The van der Waals surface area contributed by atoms with Crippen LogP contribution in [0.25, 0.3) is 0 Å². The van der Waals surface area contributed by atoms with E-state index in [4.69, 9.17) is 4.74 Å². The van der Waals surface area contributed by atoms with Crippen molar-refractivity contribution >= 4 is 5.91 Å². The van der Waals surface area contributed by atoms with E-state index in [1.165, 1.54) is 17.7 Å². The van der Waals surface area contributed by atoms with Crippen LogP contribution in [0.1, 0.15) is 30.1 Å². The van der Waals surface area contributed by atoms with E-state index in [1.807, 2.05) is 29.3 Å². The Kier molecular flexibility index (Phi) is 5.84. The number of likely N-dealkylation sites (tertiary alicyclic amines) is 1. The molecular weight excluding hydrogens is 371 g/mol. The topological polar surface area (TPSA) is 60.2 Å². The number of carbonyl (C=O) groups is 1. The summed E-state index contributed by atoms with van der Waals surface area (Å²) in [5.74, 6) is 0.474. The number of hydrogen-bond acceptors (Lipinski definition) is 4. The van der Waals surface area contributed by atoms with E-state index < -0.39 is 0 Å². The molecule has 2 heterocycles. The number of nitrogens with zero attached hydrogens (tertiary/aromatic N) is 4. The third kappa shape index (κ3) is 4.99. The van der Waals surface area contributed by atoms with Crippen molar-refractivity contribution in [2.75, 3.05) is 13.1 Å². The number of ether oxygens (including phenoxy) is 1. The van der Waals surface area contributed by atoms with Gasteiger partial charge in [-0.2, -0.15) is 0 Å². The van der Waals surface area contributed by atoms with Crippen LogP contribution in [0.4, 0.5) is 4.39 Å². The number of hydrogen-bond donors (Lipinski definition) is 0. The summed E-state index contributed by atoms with van der Waals surface area (Å²) >= 11 is 0. The Bertz CT molecular complexity index is 937. The van der Waals surface area contributed by atoms with Gasteiger partial charge in [0.2, 0.25) is 5.91 Å². The molecule has 0 bridgehead atoms. The molecule has 1 aromatic heterocycles. The van der Waals surface area contributed by atoms with Crippen molar-refractivity contribution in [3.05, 3.63) is 77.9 Å². The predicted octanol–water partition coefficient (Wildman–Crippen LogP) is 3.40. The van der Waals surface area contributed by atoms with Crippen molar-refractivity contribution in [1.82, 2.24) is 19.9 Å². The van der Waals surface area contributed by atoms with Gasteiger partial charge >= 0.3 is 0 Å². The Hall–Kier alpha value is -3.22. The zero-order valence-corrected chi connectivity index (χ0v) is 16.1. The highest BCUT2D eigenvalue weighted by Gasteiger charge is 2.32. The molecular formula is C22H23FN4O2. The predicted molar refractivity (Wildman–Crippen MR) is 106 cm³/mol. The summed E-state index contributed by atoms with van der Waals surface area (Å²) in [6.07, 6.45) is 4.18. The highest BCUT2D eigenvalue weighted by Crippen LogP contribution is 2.22. The Morgan fingerprint density at radius 1 is 1.10 bits per heavy atom. The molecule has 0 N–H and O–H groups in total. The summed E-state index contributed by atoms with van der Waals surface area (Å²) in [5, 5.41) is 8.26. The Morgan fingerprint density at radius 2 is 1.86 bits per heavy atom. The molecule has 0 saturated carbocycles. The molecule has 1 amide bonds. The minimum absolute atomic E-state index is 0.153. The fourth-order valence-electron chi connectivity index (χ4n) is 3.32. The van der Waals surface area contributed by atoms with Gasteiger partial charge in [-0.1, -0.05) is 35.5 Å². The van der Waals surface area contributed by atoms with Crippen LogP contribution in [0, 0.1) is 5.82 Å². The lowest BCUT2D eigenvalue weighted by Gasteiger charge is -2.39. The molecule has 1 saturated heterocycles. The van der Waals surface area contributed by atoms with E-state index >= 15 is 0 Å². The van der Waals surface area contributed by atoms with E-state index in [2.05, 4.69) is 22.4 Å². The standard InChI is InChI=1S/C22H23FN4O2/c23-18-9-11-21(12-10-18)29-16-19-13-27(25-24-19)20-14-26(15-20)22(28)8-4-7-17-5-2-1-3-6-17/h1-3,5-6,9-13,20H,4,7-8,14-16H2. The summed E-state index contributed by atoms with van der Waals surface area (Å²) in [5.41, 5.74) is 1.96. The number of rotatable bonds is 8. The molecule has 2 aromatic carbocycles. The van der Waals surface area contributed by atoms with Crippen LogP contribution < -0.4 is 4.74 Å². The molecule has 1 fully saturated rings. The first-order chi connectivity index (χ1) is 14.2. The van der Waals surface area contributed by atoms with Gasteiger partial charge in [0.15, 0.2) is 0 Å². The summed E-state index contributed by atoms with van der Waals surface area (Å²) in [6.45, 7) is 1.58. The van der Waals surface area contributed by atoms with Crippen LogP contribution in [0.5, 0.6) is 5.75 Å². The number of aromatic nitrogens is 3. The Morgan fingerprint density at radius 3 is 2.62 bits per heavy atom. The smallest absolute Gasteiger partial charge is 0.222 e. The average Bonchev–Trinajstić information content (AvgIpc) is 3.16. The van der Waals surface area contributed by atoms with Gasteiger partial charge in [0.25, 0.3) is 0 Å². The van der Waals surface area contributed by atoms with Gasteiger partial charge in [-0.15, -0.1) is 5.10 Å². The second-order valence-corrected chi connectivity index (χ2v) is 7.22. The lowest BCUT2D eigenvalue weighted by atomic mass is 10.1. The minimum Gasteiger partial charge on any atom is -0.487 e. The lowest BCUT2D eigenvalue weighted by molar-refractivity contribution is -0.137. The summed E-state index contributed by atoms with van der Waals surface area (Å²) in [4.78, 5) is 14.2. The Labute approximate surface area is 168 Å². The second kappa shape index (κ2) is 8.86. The number of aryl methyl sites for hydroxylation is 1. The van der Waals surface area contributed by atoms with Gasteiger partial charge in [-0.25, -0.2) is 9.07 Å². The lowest BCUT2D eigenvalue weighted by Crippen LogP contribution is -2.50. The first-order valence-corrected chi connectivity index (χ1v) is 9.78. The van der Waals surface area contributed by atoms with Crippen molar-refractivity contribution < 1.29 is 13.9 Å². The molecule has 0 unspecified atom stereocenters. The van der Waals surface area contributed by atoms with E-state index in [1.54, 1.807) is 16.8 Å². The summed E-state index contributed by atoms with van der Waals surface area (Å²) in [7, 11) is 0. The van der Waals surface area contributed by atoms with Crippen LogP contribution >= 0.6 is 0 Å². The van der Waals surface area contributed by atoms with Gasteiger partial charge in [0.05, 0.1) is 12.2 Å². The summed E-state index contributed by atoms with van der Waals surface area (Å²) in [6, 6.07) is 16.2. The van der Waals surface area contributed by atoms with Gasteiger partial charge in [-0.05, 0) is 42.7 Å². The third-order valence-electron chi connectivity index (χ3n) is 5.05. The molecule has 1 aliphatic rings. The van der Waals surface area contributed by atoms with Gasteiger partial charge in [0, 0.05) is 19.5 Å². The van der Waals surface area contributed by atoms with Crippen molar-refractivity contribution in [1.29, 1.82) is 0 Å². The molecule has 1 aliphatic heterocycles. The zero-order valence-electron chi connectivity index (χ0n) is 16.1. The van der Waals surface area contributed by atoms with Crippen LogP contribution in [-0.2, 0) is 17.8 Å². The van der Waals surface area contributed by atoms with E-state index in [-0.39, 0.29) is 24.4 Å². The molecule has 0 radical (unpaired) electrons. The van der Waals surface area contributed by atoms with Gasteiger partial charge < -0.3 is 9.64 Å². The third-order valence-corrected chi connectivity index (χ3v) is 5.05. The van der Waals surface area contributed by atoms with Gasteiger partial charge in [-0.3, -0.25) is 4.79 Å². The van der Waals surface area contributed by atoms with Crippen LogP contribution in [0.2, 0.25) is 0 Å². The Balaban J connectivity index is 1.18. The number of benzene rings is 2. The molecule has 0 aliphatic carbocycles. The van der Waals surface area contributed by atoms with Crippen molar-refractivity contribution in [2.24, 2.45) is 0 Å². The van der Waals surface area contributed by atoms with Crippen LogP contribution in [0.15, 0.2) is 60.8 Å². The van der Waals surface area contributed by atoms with Crippen molar-refractivity contribution in [3.8, 4) is 5.75 Å². The highest BCUT2D eigenvalue weighted by atomic mass is 19.1. The first-order valence-electron chi connectivity index (χ1n) is 9.78. The fraction of sp³-hybridized carbons (Fsp3) is 0.318. The molecule has 29 heavy (non-hydrogen) atoms. The molecule has 150 valence electrons. The SMILES string of the molecule is O=C(CCCc1ccccc1)N1CC(n2cc(COc3ccc(F)cc3)nn2)C1. The average molecular weight is 394 g/mol. The van der Waals surface area contributed by atoms with Crippen LogP contribution in [0.3, 0.4) is 0 Å². The quantitative estimate of drug-likeness (QED) is 0.588. The molecule has 4 rings (SSSR count). The van der Waals surface area contributed by atoms with E-state index in [0.717, 1.165) is 12.8 Å². The maximum Gasteiger partial charge on any atom is 0.222 e. The van der Waals surface area contributed by atoms with Crippen molar-refractivity contribution in [2.45, 2.75) is 31.9 Å². The minimum atomic E-state index is -0.299. The van der Waals surface area contributed by atoms with Gasteiger partial charge in [0.1, 0.15) is 23.9 Å². The normalized spacial score (nSPS) is 13.9. The molecule has 6 nitrogen and oxygen atoms in total. The molecule has 7 heteroatoms. The van der Waals surface area contributed by atoms with Crippen LogP contribution in [-0.4, -0.2) is 38.9 Å². The zero-order chi connectivity index (χ0) is 20.1. The largest absolute Gasteiger partial charge is 0.487 e. The maximum atomic E-state index is 12.9. The molecule has 0 spiro atoms.